The maximum atomic E-state index is 6.19. The van der Waals surface area contributed by atoms with Gasteiger partial charge in [0.25, 0.3) is 0 Å². The highest BCUT2D eigenvalue weighted by atomic mass is 79.9. The van der Waals surface area contributed by atoms with Gasteiger partial charge in [-0.1, -0.05) is 6.07 Å². The summed E-state index contributed by atoms with van der Waals surface area (Å²) in [6.07, 6.45) is 5.00. The van der Waals surface area contributed by atoms with Crippen molar-refractivity contribution in [1.82, 2.24) is 9.78 Å². The van der Waals surface area contributed by atoms with E-state index in [-0.39, 0.29) is 6.04 Å². The van der Waals surface area contributed by atoms with Crippen LogP contribution in [0.1, 0.15) is 29.5 Å². The predicted molar refractivity (Wildman–Crippen MR) is 75.1 cm³/mol. The number of nitrogens with two attached hydrogens (primary N) is 1. The van der Waals surface area contributed by atoms with Gasteiger partial charge in [-0.15, -0.1) is 11.3 Å². The molecule has 17 heavy (non-hydrogen) atoms. The molecule has 1 atom stereocenters. The fraction of sp³-hybridized carbons (Fsp3) is 0.417. The molecule has 3 nitrogen and oxygen atoms in total. The van der Waals surface area contributed by atoms with E-state index in [1.807, 2.05) is 23.1 Å². The summed E-state index contributed by atoms with van der Waals surface area (Å²) in [4.78, 5) is 1.43. The largest absolute Gasteiger partial charge is 0.323 e. The summed E-state index contributed by atoms with van der Waals surface area (Å²) in [5.74, 6) is 0. The first-order valence-electron chi connectivity index (χ1n) is 5.64. The van der Waals surface area contributed by atoms with Crippen molar-refractivity contribution in [2.24, 2.45) is 12.8 Å². The minimum Gasteiger partial charge on any atom is -0.323 e. The minimum atomic E-state index is 0.0526. The zero-order valence-corrected chi connectivity index (χ0v) is 12.2. The summed E-state index contributed by atoms with van der Waals surface area (Å²) in [6, 6.07) is 4.32. The lowest BCUT2D eigenvalue weighted by Crippen LogP contribution is -2.15. The number of halogens is 1. The molecule has 0 fully saturated rings. The second kappa shape index (κ2) is 5.80. The molecule has 0 spiro atoms. The Morgan fingerprint density at radius 1 is 1.59 bits per heavy atom. The SMILES string of the molecule is Cn1ncc(Br)c1C(N)CCCc1cccs1. The zero-order valence-electron chi connectivity index (χ0n) is 9.77. The first-order valence-corrected chi connectivity index (χ1v) is 7.31. The van der Waals surface area contributed by atoms with E-state index in [4.69, 9.17) is 5.73 Å². The van der Waals surface area contributed by atoms with Gasteiger partial charge in [0.2, 0.25) is 0 Å². The average Bonchev–Trinajstić information content (AvgIpc) is 2.89. The van der Waals surface area contributed by atoms with Crippen molar-refractivity contribution in [2.75, 3.05) is 0 Å². The second-order valence-corrected chi connectivity index (χ2v) is 5.97. The van der Waals surface area contributed by atoms with E-state index in [1.165, 1.54) is 4.88 Å². The molecule has 0 radical (unpaired) electrons. The summed E-state index contributed by atoms with van der Waals surface area (Å²) in [6.45, 7) is 0. The lowest BCUT2D eigenvalue weighted by atomic mass is 10.1. The number of hydrogen-bond acceptors (Lipinski definition) is 3. The highest BCUT2D eigenvalue weighted by Gasteiger charge is 2.14. The van der Waals surface area contributed by atoms with Crippen LogP contribution < -0.4 is 5.73 Å². The molecule has 2 aromatic heterocycles. The summed E-state index contributed by atoms with van der Waals surface area (Å²) in [5, 5.41) is 6.31. The Hall–Kier alpha value is -0.650. The van der Waals surface area contributed by atoms with E-state index in [0.717, 1.165) is 29.4 Å². The van der Waals surface area contributed by atoms with Crippen LogP contribution in [-0.2, 0) is 13.5 Å². The molecule has 0 saturated heterocycles. The van der Waals surface area contributed by atoms with Crippen molar-refractivity contribution in [3.63, 3.8) is 0 Å². The molecule has 0 amide bonds. The Labute approximate surface area is 114 Å². The molecule has 0 aliphatic carbocycles. The number of rotatable bonds is 5. The number of hydrogen-bond donors (Lipinski definition) is 1. The molecule has 0 aliphatic heterocycles. The summed E-state index contributed by atoms with van der Waals surface area (Å²) >= 11 is 5.30. The van der Waals surface area contributed by atoms with Crippen molar-refractivity contribution in [2.45, 2.75) is 25.3 Å². The van der Waals surface area contributed by atoms with E-state index >= 15 is 0 Å². The fourth-order valence-electron chi connectivity index (χ4n) is 1.93. The molecule has 92 valence electrons. The van der Waals surface area contributed by atoms with Crippen LogP contribution in [0.2, 0.25) is 0 Å². The number of aryl methyl sites for hydroxylation is 2. The number of nitrogens with zero attached hydrogens (tertiary/aromatic N) is 2. The molecule has 1 unspecified atom stereocenters. The third-order valence-corrected chi connectivity index (χ3v) is 4.35. The monoisotopic (exact) mass is 313 g/mol. The van der Waals surface area contributed by atoms with E-state index in [0.29, 0.717) is 0 Å². The predicted octanol–water partition coefficient (Wildman–Crippen LogP) is 3.27. The Kier molecular flexibility index (Phi) is 4.36. The fourth-order valence-corrected chi connectivity index (χ4v) is 3.32. The van der Waals surface area contributed by atoms with Crippen molar-refractivity contribution < 1.29 is 0 Å². The number of thiophene rings is 1. The minimum absolute atomic E-state index is 0.0526. The van der Waals surface area contributed by atoms with Crippen LogP contribution in [0.15, 0.2) is 28.2 Å². The molecule has 5 heteroatoms. The topological polar surface area (TPSA) is 43.8 Å². The Morgan fingerprint density at radius 3 is 3.00 bits per heavy atom. The van der Waals surface area contributed by atoms with Gasteiger partial charge in [-0.05, 0) is 46.6 Å². The Bertz CT molecular complexity index is 445. The van der Waals surface area contributed by atoms with Crippen LogP contribution in [-0.4, -0.2) is 9.78 Å². The number of aromatic nitrogens is 2. The normalized spacial score (nSPS) is 12.9. The summed E-state index contributed by atoms with van der Waals surface area (Å²) in [5.41, 5.74) is 7.27. The molecule has 0 aromatic carbocycles. The molecule has 2 rings (SSSR count). The molecule has 2 heterocycles. The Balaban J connectivity index is 1.87. The van der Waals surface area contributed by atoms with Crippen LogP contribution in [0.5, 0.6) is 0 Å². The molecular formula is C12H16BrN3S. The van der Waals surface area contributed by atoms with Gasteiger partial charge in [0, 0.05) is 18.0 Å². The van der Waals surface area contributed by atoms with Gasteiger partial charge in [-0.25, -0.2) is 0 Å². The maximum absolute atomic E-state index is 6.19. The van der Waals surface area contributed by atoms with Crippen LogP contribution in [0.4, 0.5) is 0 Å². The molecule has 2 N–H and O–H groups in total. The quantitative estimate of drug-likeness (QED) is 0.920. The van der Waals surface area contributed by atoms with E-state index in [2.05, 4.69) is 38.5 Å². The van der Waals surface area contributed by atoms with Gasteiger partial charge in [-0.3, -0.25) is 4.68 Å². The summed E-state index contributed by atoms with van der Waals surface area (Å²) in [7, 11) is 1.93. The van der Waals surface area contributed by atoms with Crippen molar-refractivity contribution in [3.05, 3.63) is 38.8 Å². The van der Waals surface area contributed by atoms with Crippen molar-refractivity contribution in [1.29, 1.82) is 0 Å². The Morgan fingerprint density at radius 2 is 2.41 bits per heavy atom. The lowest BCUT2D eigenvalue weighted by Gasteiger charge is -2.12. The third-order valence-electron chi connectivity index (χ3n) is 2.81. The van der Waals surface area contributed by atoms with Gasteiger partial charge in [0.15, 0.2) is 0 Å². The smallest absolute Gasteiger partial charge is 0.0690 e. The highest BCUT2D eigenvalue weighted by molar-refractivity contribution is 9.10. The van der Waals surface area contributed by atoms with Gasteiger partial charge < -0.3 is 5.73 Å². The van der Waals surface area contributed by atoms with Gasteiger partial charge >= 0.3 is 0 Å². The first kappa shape index (κ1) is 12.8. The molecule has 0 bridgehead atoms. The van der Waals surface area contributed by atoms with Crippen LogP contribution in [0, 0.1) is 0 Å². The summed E-state index contributed by atoms with van der Waals surface area (Å²) < 4.78 is 2.85. The third kappa shape index (κ3) is 3.18. The average molecular weight is 314 g/mol. The molecule has 2 aromatic rings. The van der Waals surface area contributed by atoms with Gasteiger partial charge in [0.1, 0.15) is 0 Å². The molecule has 0 aliphatic rings. The van der Waals surface area contributed by atoms with Crippen molar-refractivity contribution >= 4 is 27.3 Å². The second-order valence-electron chi connectivity index (χ2n) is 4.08. The standard InChI is InChI=1S/C12H16BrN3S/c1-16-12(10(13)8-15-16)11(14)6-2-4-9-5-3-7-17-9/h3,5,7-8,11H,2,4,6,14H2,1H3. The highest BCUT2D eigenvalue weighted by Crippen LogP contribution is 2.24. The van der Waals surface area contributed by atoms with E-state index < -0.39 is 0 Å². The van der Waals surface area contributed by atoms with Crippen molar-refractivity contribution in [3.8, 4) is 0 Å². The first-order chi connectivity index (χ1) is 8.18. The molecular weight excluding hydrogens is 298 g/mol. The van der Waals surface area contributed by atoms with E-state index in [9.17, 15) is 0 Å². The van der Waals surface area contributed by atoms with Crippen LogP contribution in [0.3, 0.4) is 0 Å². The van der Waals surface area contributed by atoms with Crippen LogP contribution >= 0.6 is 27.3 Å². The van der Waals surface area contributed by atoms with E-state index in [1.54, 1.807) is 6.20 Å². The zero-order chi connectivity index (χ0) is 12.3. The van der Waals surface area contributed by atoms with Gasteiger partial charge in [-0.2, -0.15) is 5.10 Å². The maximum Gasteiger partial charge on any atom is 0.0690 e. The van der Waals surface area contributed by atoms with Gasteiger partial charge in [0.05, 0.1) is 16.4 Å². The molecule has 0 saturated carbocycles. The van der Waals surface area contributed by atoms with Crippen LogP contribution in [0.25, 0.3) is 0 Å². The lowest BCUT2D eigenvalue weighted by molar-refractivity contribution is 0.559.